The Balaban J connectivity index is 1.43. The summed E-state index contributed by atoms with van der Waals surface area (Å²) in [4.78, 5) is 38.6. The molecule has 2 N–H and O–H groups in total. The van der Waals surface area contributed by atoms with Gasteiger partial charge in [-0.25, -0.2) is 9.59 Å². The number of hydrogen-bond donors (Lipinski definition) is 2. The van der Waals surface area contributed by atoms with Gasteiger partial charge in [0.2, 0.25) is 5.91 Å². The quantitative estimate of drug-likeness (QED) is 0.627. The van der Waals surface area contributed by atoms with Crippen molar-refractivity contribution in [1.82, 2.24) is 10.2 Å². The first-order valence-electron chi connectivity index (χ1n) is 11.8. The summed E-state index contributed by atoms with van der Waals surface area (Å²) in [5.74, 6) is -1.43. The molecule has 0 aliphatic heterocycles. The number of carbonyl (C=O) groups excluding carboxylic acids is 2. The average Bonchev–Trinajstić information content (AvgIpc) is 3.39. The summed E-state index contributed by atoms with van der Waals surface area (Å²) in [6.07, 6.45) is 2.60. The van der Waals surface area contributed by atoms with Crippen molar-refractivity contribution >= 4 is 18.0 Å². The van der Waals surface area contributed by atoms with Crippen LogP contribution in [0.4, 0.5) is 4.79 Å². The fourth-order valence-electron chi connectivity index (χ4n) is 5.11. The summed E-state index contributed by atoms with van der Waals surface area (Å²) in [5.41, 5.74) is 2.55. The molecule has 0 spiro atoms. The Morgan fingerprint density at radius 2 is 1.56 bits per heavy atom. The van der Waals surface area contributed by atoms with Crippen LogP contribution in [0.15, 0.2) is 48.5 Å². The van der Waals surface area contributed by atoms with Gasteiger partial charge in [0.25, 0.3) is 0 Å². The van der Waals surface area contributed by atoms with E-state index in [2.05, 4.69) is 29.6 Å². The first kappa shape index (κ1) is 23.8. The van der Waals surface area contributed by atoms with Crippen LogP contribution in [0.2, 0.25) is 0 Å². The zero-order valence-electron chi connectivity index (χ0n) is 20.0. The molecule has 7 heteroatoms. The van der Waals surface area contributed by atoms with E-state index < -0.39 is 23.1 Å². The SMILES string of the molecule is CN(C(=O)CC1(NC(=O)OCC2c3ccccc3-c3ccccc32)CCCC1)C(C)(C)C(=O)O. The summed E-state index contributed by atoms with van der Waals surface area (Å²) < 4.78 is 5.71. The van der Waals surface area contributed by atoms with Crippen molar-refractivity contribution in [2.45, 2.75) is 62.9 Å². The van der Waals surface area contributed by atoms with Crippen LogP contribution < -0.4 is 5.32 Å². The number of nitrogens with zero attached hydrogens (tertiary/aromatic N) is 1. The second-order valence-corrected chi connectivity index (χ2v) is 9.93. The first-order chi connectivity index (χ1) is 16.1. The number of carboxylic acid groups (broad SMARTS) is 1. The van der Waals surface area contributed by atoms with Gasteiger partial charge in [-0.3, -0.25) is 4.79 Å². The second-order valence-electron chi connectivity index (χ2n) is 9.93. The van der Waals surface area contributed by atoms with E-state index in [1.54, 1.807) is 0 Å². The number of alkyl carbamates (subject to hydrolysis) is 1. The van der Waals surface area contributed by atoms with Gasteiger partial charge in [0, 0.05) is 13.0 Å². The third kappa shape index (κ3) is 4.39. The van der Waals surface area contributed by atoms with Crippen LogP contribution in [0.25, 0.3) is 11.1 Å². The van der Waals surface area contributed by atoms with E-state index in [0.29, 0.717) is 12.8 Å². The fourth-order valence-corrected chi connectivity index (χ4v) is 5.11. The summed E-state index contributed by atoms with van der Waals surface area (Å²) >= 11 is 0. The van der Waals surface area contributed by atoms with Gasteiger partial charge in [-0.15, -0.1) is 0 Å². The van der Waals surface area contributed by atoms with Gasteiger partial charge >= 0.3 is 12.1 Å². The van der Waals surface area contributed by atoms with E-state index >= 15 is 0 Å². The number of likely N-dealkylation sites (N-methyl/N-ethyl adjacent to an activating group) is 1. The number of aliphatic carboxylic acids is 1. The standard InChI is InChI=1S/C27H32N2O5/c1-26(2,24(31)32)29(3)23(30)16-27(14-8-9-15-27)28-25(33)34-17-22-20-12-6-4-10-18(20)19-11-5-7-13-21(19)22/h4-7,10-13,22H,8-9,14-17H2,1-3H3,(H,28,33)(H,31,32). The molecule has 7 nitrogen and oxygen atoms in total. The molecule has 4 rings (SSSR count). The van der Waals surface area contributed by atoms with E-state index in [4.69, 9.17) is 4.74 Å². The van der Waals surface area contributed by atoms with E-state index in [0.717, 1.165) is 35.1 Å². The van der Waals surface area contributed by atoms with Gasteiger partial charge in [-0.2, -0.15) is 0 Å². The maximum Gasteiger partial charge on any atom is 0.407 e. The van der Waals surface area contributed by atoms with Crippen molar-refractivity contribution in [2.75, 3.05) is 13.7 Å². The highest BCUT2D eigenvalue weighted by Crippen LogP contribution is 2.44. The summed E-state index contributed by atoms with van der Waals surface area (Å²) in [7, 11) is 1.49. The highest BCUT2D eigenvalue weighted by atomic mass is 16.5. The van der Waals surface area contributed by atoms with Crippen molar-refractivity contribution in [3.63, 3.8) is 0 Å². The Morgan fingerprint density at radius 3 is 2.09 bits per heavy atom. The molecule has 0 saturated heterocycles. The molecule has 1 fully saturated rings. The minimum atomic E-state index is -1.33. The predicted octanol–water partition coefficient (Wildman–Crippen LogP) is 4.55. The zero-order valence-corrected chi connectivity index (χ0v) is 20.0. The number of carbonyl (C=O) groups is 3. The normalized spacial score (nSPS) is 16.4. The minimum absolute atomic E-state index is 0.0400. The van der Waals surface area contributed by atoms with Crippen LogP contribution in [-0.2, 0) is 14.3 Å². The van der Waals surface area contributed by atoms with Crippen molar-refractivity contribution in [2.24, 2.45) is 0 Å². The van der Waals surface area contributed by atoms with Crippen LogP contribution >= 0.6 is 0 Å². The highest BCUT2D eigenvalue weighted by Gasteiger charge is 2.42. The molecule has 0 heterocycles. The van der Waals surface area contributed by atoms with E-state index in [9.17, 15) is 19.5 Å². The van der Waals surface area contributed by atoms with Crippen molar-refractivity contribution in [3.05, 3.63) is 59.7 Å². The largest absolute Gasteiger partial charge is 0.480 e. The molecule has 2 amide bonds. The van der Waals surface area contributed by atoms with Gasteiger partial charge in [-0.05, 0) is 48.9 Å². The number of ether oxygens (including phenoxy) is 1. The first-order valence-corrected chi connectivity index (χ1v) is 11.8. The lowest BCUT2D eigenvalue weighted by Gasteiger charge is -2.36. The van der Waals surface area contributed by atoms with Crippen LogP contribution in [0.5, 0.6) is 0 Å². The molecule has 2 aliphatic carbocycles. The molecule has 0 unspecified atom stereocenters. The number of nitrogens with one attached hydrogen (secondary N) is 1. The molecule has 2 aliphatic rings. The summed E-state index contributed by atoms with van der Waals surface area (Å²) in [6.45, 7) is 3.19. The molecule has 2 aromatic carbocycles. The third-order valence-electron chi connectivity index (χ3n) is 7.50. The van der Waals surface area contributed by atoms with Crippen molar-refractivity contribution in [1.29, 1.82) is 0 Å². The van der Waals surface area contributed by atoms with Gasteiger partial charge < -0.3 is 20.1 Å². The molecule has 0 atom stereocenters. The Labute approximate surface area is 200 Å². The second kappa shape index (κ2) is 9.12. The monoisotopic (exact) mass is 464 g/mol. The smallest absolute Gasteiger partial charge is 0.407 e. The van der Waals surface area contributed by atoms with Crippen molar-refractivity contribution < 1.29 is 24.2 Å². The molecule has 0 bridgehead atoms. The van der Waals surface area contributed by atoms with Gasteiger partial charge in [0.15, 0.2) is 0 Å². The number of carboxylic acids is 1. The lowest BCUT2D eigenvalue weighted by atomic mass is 9.91. The number of fused-ring (bicyclic) bond motifs is 3. The number of benzene rings is 2. The lowest BCUT2D eigenvalue weighted by Crippen LogP contribution is -2.55. The summed E-state index contributed by atoms with van der Waals surface area (Å²) in [5, 5.41) is 12.4. The highest BCUT2D eigenvalue weighted by molar-refractivity contribution is 5.87. The molecule has 2 aromatic rings. The number of amides is 2. The Morgan fingerprint density at radius 1 is 1.03 bits per heavy atom. The molecule has 34 heavy (non-hydrogen) atoms. The third-order valence-corrected chi connectivity index (χ3v) is 7.50. The Kier molecular flexibility index (Phi) is 6.39. The maximum absolute atomic E-state index is 12.9. The minimum Gasteiger partial charge on any atom is -0.480 e. The van der Waals surface area contributed by atoms with E-state index in [1.165, 1.54) is 25.8 Å². The average molecular weight is 465 g/mol. The molecule has 0 aromatic heterocycles. The molecule has 1 saturated carbocycles. The van der Waals surface area contributed by atoms with Crippen molar-refractivity contribution in [3.8, 4) is 11.1 Å². The van der Waals surface area contributed by atoms with Gasteiger partial charge in [0.1, 0.15) is 12.1 Å². The molecule has 180 valence electrons. The van der Waals surface area contributed by atoms with Gasteiger partial charge in [0.05, 0.1) is 12.0 Å². The van der Waals surface area contributed by atoms with Crippen LogP contribution in [-0.4, -0.2) is 52.7 Å². The topological polar surface area (TPSA) is 95.9 Å². The predicted molar refractivity (Wildman–Crippen MR) is 129 cm³/mol. The van der Waals surface area contributed by atoms with E-state index in [1.807, 2.05) is 24.3 Å². The Hall–Kier alpha value is -3.35. The van der Waals surface area contributed by atoms with Crippen LogP contribution in [0.3, 0.4) is 0 Å². The number of rotatable bonds is 7. The van der Waals surface area contributed by atoms with Crippen LogP contribution in [0, 0.1) is 0 Å². The Bertz CT molecular complexity index is 1060. The summed E-state index contributed by atoms with van der Waals surface area (Å²) in [6, 6.07) is 16.3. The maximum atomic E-state index is 12.9. The lowest BCUT2D eigenvalue weighted by molar-refractivity contribution is -0.155. The van der Waals surface area contributed by atoms with Gasteiger partial charge in [-0.1, -0.05) is 61.4 Å². The fraction of sp³-hybridized carbons (Fsp3) is 0.444. The van der Waals surface area contributed by atoms with E-state index in [-0.39, 0.29) is 24.9 Å². The number of hydrogen-bond acceptors (Lipinski definition) is 4. The molecular formula is C27H32N2O5. The molecule has 0 radical (unpaired) electrons. The van der Waals surface area contributed by atoms with Crippen LogP contribution in [0.1, 0.15) is 63.0 Å². The molecular weight excluding hydrogens is 432 g/mol. The zero-order chi connectivity index (χ0) is 24.5.